The number of hydrogen-bond donors (Lipinski definition) is 3. The minimum atomic E-state index is -0.505. The highest BCUT2D eigenvalue weighted by molar-refractivity contribution is 5.94. The maximum atomic E-state index is 14.0. The lowest BCUT2D eigenvalue weighted by atomic mass is 9.88. The summed E-state index contributed by atoms with van der Waals surface area (Å²) in [4.78, 5) is 24.3. The van der Waals surface area contributed by atoms with E-state index in [-0.39, 0.29) is 29.6 Å². The van der Waals surface area contributed by atoms with E-state index in [0.717, 1.165) is 44.9 Å². The predicted molar refractivity (Wildman–Crippen MR) is 98.1 cm³/mol. The molecule has 6 heteroatoms. The molecule has 25 heavy (non-hydrogen) atoms. The molecule has 1 fully saturated rings. The lowest BCUT2D eigenvalue weighted by Crippen LogP contribution is -2.36. The van der Waals surface area contributed by atoms with E-state index in [9.17, 15) is 14.0 Å². The summed E-state index contributed by atoms with van der Waals surface area (Å²) in [6, 6.07) is 3.92. The lowest BCUT2D eigenvalue weighted by molar-refractivity contribution is -0.120. The molecule has 1 aromatic rings. The van der Waals surface area contributed by atoms with Crippen LogP contribution in [0.1, 0.15) is 58.8 Å². The Morgan fingerprint density at radius 2 is 1.92 bits per heavy atom. The molecule has 1 aliphatic carbocycles. The molecule has 1 aliphatic rings. The van der Waals surface area contributed by atoms with Crippen molar-refractivity contribution in [3.63, 3.8) is 0 Å². The Balaban J connectivity index is 1.96. The van der Waals surface area contributed by atoms with Crippen LogP contribution < -0.4 is 16.0 Å². The van der Waals surface area contributed by atoms with Gasteiger partial charge in [-0.1, -0.05) is 32.6 Å². The van der Waals surface area contributed by atoms with Gasteiger partial charge in [-0.15, -0.1) is 0 Å². The third-order valence-corrected chi connectivity index (χ3v) is 4.56. The van der Waals surface area contributed by atoms with E-state index >= 15 is 0 Å². The molecule has 1 saturated carbocycles. The molecule has 0 aromatic heterocycles. The number of urea groups is 1. The summed E-state index contributed by atoms with van der Waals surface area (Å²) in [6.45, 7) is 3.99. The SMILES string of the molecule is CCCC(C)NC(=O)Nc1ccc(F)c(NC(=O)C2CCCCC2)c1. The predicted octanol–water partition coefficient (Wildman–Crippen LogP) is 4.65. The van der Waals surface area contributed by atoms with Crippen LogP contribution in [0.15, 0.2) is 18.2 Å². The van der Waals surface area contributed by atoms with E-state index in [1.807, 2.05) is 6.92 Å². The average Bonchev–Trinajstić information content (AvgIpc) is 2.58. The summed E-state index contributed by atoms with van der Waals surface area (Å²) in [6.07, 6.45) is 6.81. The van der Waals surface area contributed by atoms with Crippen molar-refractivity contribution >= 4 is 23.3 Å². The highest BCUT2D eigenvalue weighted by Gasteiger charge is 2.22. The monoisotopic (exact) mass is 349 g/mol. The molecule has 0 heterocycles. The second-order valence-corrected chi connectivity index (χ2v) is 6.81. The van der Waals surface area contributed by atoms with Gasteiger partial charge in [0.15, 0.2) is 0 Å². The Morgan fingerprint density at radius 3 is 2.60 bits per heavy atom. The van der Waals surface area contributed by atoms with Crippen LogP contribution in [-0.2, 0) is 4.79 Å². The molecule has 138 valence electrons. The highest BCUT2D eigenvalue weighted by Crippen LogP contribution is 2.26. The van der Waals surface area contributed by atoms with Gasteiger partial charge in [0.1, 0.15) is 5.82 Å². The summed E-state index contributed by atoms with van der Waals surface area (Å²) < 4.78 is 14.0. The van der Waals surface area contributed by atoms with Gasteiger partial charge in [0.2, 0.25) is 5.91 Å². The fourth-order valence-electron chi connectivity index (χ4n) is 3.19. The summed E-state index contributed by atoms with van der Waals surface area (Å²) in [5.41, 5.74) is 0.552. The minimum absolute atomic E-state index is 0.0528. The molecular weight excluding hydrogens is 321 g/mol. The van der Waals surface area contributed by atoms with Crippen LogP contribution >= 0.6 is 0 Å². The molecule has 0 spiro atoms. The number of anilines is 2. The van der Waals surface area contributed by atoms with Crippen LogP contribution in [0, 0.1) is 11.7 Å². The number of amides is 3. The molecule has 3 amide bonds. The molecule has 1 aromatic carbocycles. The Labute approximate surface area is 148 Å². The number of halogens is 1. The van der Waals surface area contributed by atoms with Crippen LogP contribution in [0.3, 0.4) is 0 Å². The van der Waals surface area contributed by atoms with Crippen LogP contribution in [0.4, 0.5) is 20.6 Å². The third kappa shape index (κ3) is 6.03. The van der Waals surface area contributed by atoms with E-state index in [0.29, 0.717) is 5.69 Å². The molecule has 0 aliphatic heterocycles. The number of carbonyl (C=O) groups is 2. The first-order valence-corrected chi connectivity index (χ1v) is 9.17. The summed E-state index contributed by atoms with van der Waals surface area (Å²) in [5.74, 6) is -0.700. The first kappa shape index (κ1) is 19.2. The quantitative estimate of drug-likeness (QED) is 0.699. The van der Waals surface area contributed by atoms with Gasteiger partial charge >= 0.3 is 6.03 Å². The fraction of sp³-hybridized carbons (Fsp3) is 0.579. The van der Waals surface area contributed by atoms with E-state index in [1.54, 1.807) is 0 Å². The number of rotatable bonds is 6. The normalized spacial score (nSPS) is 16.1. The molecule has 0 bridgehead atoms. The Kier molecular flexibility index (Phi) is 7.22. The summed E-state index contributed by atoms with van der Waals surface area (Å²) in [7, 11) is 0. The largest absolute Gasteiger partial charge is 0.335 e. The molecule has 5 nitrogen and oxygen atoms in total. The zero-order valence-corrected chi connectivity index (χ0v) is 15.0. The van der Waals surface area contributed by atoms with Gasteiger partial charge in [-0.3, -0.25) is 4.79 Å². The van der Waals surface area contributed by atoms with Gasteiger partial charge in [-0.25, -0.2) is 9.18 Å². The highest BCUT2D eigenvalue weighted by atomic mass is 19.1. The van der Waals surface area contributed by atoms with Crippen LogP contribution in [0.25, 0.3) is 0 Å². The van der Waals surface area contributed by atoms with Crippen molar-refractivity contribution in [3.8, 4) is 0 Å². The second kappa shape index (κ2) is 9.39. The fourth-order valence-corrected chi connectivity index (χ4v) is 3.19. The Bertz CT molecular complexity index is 600. The van der Waals surface area contributed by atoms with Crippen molar-refractivity contribution in [2.75, 3.05) is 10.6 Å². The van der Waals surface area contributed by atoms with Crippen molar-refractivity contribution in [2.24, 2.45) is 5.92 Å². The smallest absolute Gasteiger partial charge is 0.319 e. The standard InChI is InChI=1S/C19H28FN3O2/c1-3-7-13(2)21-19(25)22-15-10-11-16(20)17(12-15)23-18(24)14-8-5-4-6-9-14/h10-14H,3-9H2,1-2H3,(H,23,24)(H2,21,22,25). The second-order valence-electron chi connectivity index (χ2n) is 6.81. The number of carbonyl (C=O) groups excluding carboxylic acids is 2. The molecule has 2 rings (SSSR count). The average molecular weight is 349 g/mol. The lowest BCUT2D eigenvalue weighted by Gasteiger charge is -2.21. The van der Waals surface area contributed by atoms with Gasteiger partial charge in [0.05, 0.1) is 5.69 Å². The van der Waals surface area contributed by atoms with E-state index in [2.05, 4.69) is 22.9 Å². The molecule has 3 N–H and O–H groups in total. The number of benzene rings is 1. The molecule has 0 saturated heterocycles. The van der Waals surface area contributed by atoms with Crippen LogP contribution in [-0.4, -0.2) is 18.0 Å². The van der Waals surface area contributed by atoms with Crippen molar-refractivity contribution in [1.82, 2.24) is 5.32 Å². The van der Waals surface area contributed by atoms with Crippen LogP contribution in [0.5, 0.6) is 0 Å². The number of nitrogens with one attached hydrogen (secondary N) is 3. The Hall–Kier alpha value is -2.11. The van der Waals surface area contributed by atoms with Crippen molar-refractivity contribution in [3.05, 3.63) is 24.0 Å². The number of hydrogen-bond acceptors (Lipinski definition) is 2. The van der Waals surface area contributed by atoms with Crippen LogP contribution in [0.2, 0.25) is 0 Å². The van der Waals surface area contributed by atoms with Gasteiger partial charge < -0.3 is 16.0 Å². The van der Waals surface area contributed by atoms with Crippen molar-refractivity contribution < 1.29 is 14.0 Å². The van der Waals surface area contributed by atoms with E-state index in [1.165, 1.54) is 18.2 Å². The maximum absolute atomic E-state index is 14.0. The van der Waals surface area contributed by atoms with Gasteiger partial charge in [-0.05, 0) is 44.4 Å². The van der Waals surface area contributed by atoms with Gasteiger partial charge in [0.25, 0.3) is 0 Å². The molecular formula is C19H28FN3O2. The maximum Gasteiger partial charge on any atom is 0.319 e. The topological polar surface area (TPSA) is 70.2 Å². The first-order chi connectivity index (χ1) is 12.0. The summed E-state index contributed by atoms with van der Waals surface area (Å²) in [5, 5.41) is 8.18. The third-order valence-electron chi connectivity index (χ3n) is 4.56. The molecule has 1 atom stereocenters. The van der Waals surface area contributed by atoms with Crippen molar-refractivity contribution in [2.45, 2.75) is 64.8 Å². The minimum Gasteiger partial charge on any atom is -0.335 e. The Morgan fingerprint density at radius 1 is 1.20 bits per heavy atom. The summed E-state index contributed by atoms with van der Waals surface area (Å²) >= 11 is 0. The molecule has 0 radical (unpaired) electrons. The van der Waals surface area contributed by atoms with E-state index in [4.69, 9.17) is 0 Å². The van der Waals surface area contributed by atoms with Gasteiger partial charge in [-0.2, -0.15) is 0 Å². The zero-order valence-electron chi connectivity index (χ0n) is 15.0. The van der Waals surface area contributed by atoms with E-state index < -0.39 is 5.82 Å². The van der Waals surface area contributed by atoms with Gasteiger partial charge in [0, 0.05) is 17.6 Å². The first-order valence-electron chi connectivity index (χ1n) is 9.17. The molecule has 1 unspecified atom stereocenters. The zero-order chi connectivity index (χ0) is 18.2. The van der Waals surface area contributed by atoms with Crippen molar-refractivity contribution in [1.29, 1.82) is 0 Å².